The number of nitrogens with zero attached hydrogens (tertiary/aromatic N) is 2. The van der Waals surface area contributed by atoms with Gasteiger partial charge in [-0.05, 0) is 49.2 Å². The van der Waals surface area contributed by atoms with E-state index in [1.165, 1.54) is 13.0 Å². The number of methoxy groups -OCH3 is 1. The summed E-state index contributed by atoms with van der Waals surface area (Å²) in [6, 6.07) is 10.6. The summed E-state index contributed by atoms with van der Waals surface area (Å²) in [5.41, 5.74) is 1.71. The summed E-state index contributed by atoms with van der Waals surface area (Å²) in [7, 11) is 1.55. The molecule has 0 fully saturated rings. The molecule has 0 aliphatic rings. The highest BCUT2D eigenvalue weighted by Crippen LogP contribution is 2.24. The fourth-order valence-corrected chi connectivity index (χ4v) is 3.09. The number of carbonyl (C=O) groups excluding carboxylic acids is 1. The third-order valence-corrected chi connectivity index (χ3v) is 4.62. The number of aromatic nitrogens is 2. The Bertz CT molecular complexity index is 1110. The summed E-state index contributed by atoms with van der Waals surface area (Å²) < 4.78 is 33.1. The Morgan fingerprint density at radius 1 is 1.14 bits per heavy atom. The van der Waals surface area contributed by atoms with Crippen molar-refractivity contribution in [2.24, 2.45) is 0 Å². The van der Waals surface area contributed by atoms with Gasteiger partial charge in [-0.15, -0.1) is 0 Å². The molecule has 0 saturated heterocycles. The fourth-order valence-electron chi connectivity index (χ4n) is 3.09. The molecule has 1 heterocycles. The number of Topliss-reactive ketones (excluding diaryl/α,β-unsaturated/α-hetero) is 1. The summed E-state index contributed by atoms with van der Waals surface area (Å²) in [6.45, 7) is 3.30. The summed E-state index contributed by atoms with van der Waals surface area (Å²) in [6.07, 6.45) is -0.216. The lowest BCUT2D eigenvalue weighted by Gasteiger charge is -2.16. The average Bonchev–Trinajstić information content (AvgIpc) is 2.66. The van der Waals surface area contributed by atoms with Crippen molar-refractivity contribution >= 4 is 5.78 Å². The Balaban J connectivity index is 1.94. The zero-order valence-electron chi connectivity index (χ0n) is 16.3. The van der Waals surface area contributed by atoms with Crippen LogP contribution in [-0.4, -0.2) is 22.7 Å². The number of halogens is 2. The highest BCUT2D eigenvalue weighted by Gasteiger charge is 2.20. The van der Waals surface area contributed by atoms with Gasteiger partial charge < -0.3 is 4.74 Å². The SMILES string of the molecule is COc1cccc(-c2nn(C(C)C(=O)Cc3cc(F)cc(F)c3)c(=O)cc2C)c1. The van der Waals surface area contributed by atoms with Gasteiger partial charge in [0.1, 0.15) is 23.4 Å². The van der Waals surface area contributed by atoms with Crippen molar-refractivity contribution in [1.82, 2.24) is 9.78 Å². The Labute approximate surface area is 166 Å². The number of ether oxygens (including phenoxy) is 1. The third kappa shape index (κ3) is 4.56. The molecular weight excluding hydrogens is 378 g/mol. The Morgan fingerprint density at radius 2 is 1.83 bits per heavy atom. The number of benzene rings is 2. The van der Waals surface area contributed by atoms with Crippen LogP contribution in [0.4, 0.5) is 8.78 Å². The maximum atomic E-state index is 13.4. The quantitative estimate of drug-likeness (QED) is 0.632. The molecule has 0 N–H and O–H groups in total. The van der Waals surface area contributed by atoms with E-state index in [1.54, 1.807) is 32.2 Å². The van der Waals surface area contributed by atoms with E-state index in [9.17, 15) is 18.4 Å². The molecule has 5 nitrogen and oxygen atoms in total. The highest BCUT2D eigenvalue weighted by molar-refractivity contribution is 5.84. The van der Waals surface area contributed by atoms with E-state index >= 15 is 0 Å². The molecule has 0 bridgehead atoms. The Morgan fingerprint density at radius 3 is 2.48 bits per heavy atom. The lowest BCUT2D eigenvalue weighted by atomic mass is 10.0. The van der Waals surface area contributed by atoms with Crippen LogP contribution in [0, 0.1) is 18.6 Å². The van der Waals surface area contributed by atoms with Crippen LogP contribution in [0.25, 0.3) is 11.3 Å². The van der Waals surface area contributed by atoms with E-state index in [0.717, 1.165) is 28.4 Å². The minimum absolute atomic E-state index is 0.201. The van der Waals surface area contributed by atoms with Crippen molar-refractivity contribution in [2.75, 3.05) is 7.11 Å². The van der Waals surface area contributed by atoms with Gasteiger partial charge >= 0.3 is 0 Å². The molecule has 1 aromatic heterocycles. The molecule has 150 valence electrons. The van der Waals surface area contributed by atoms with Crippen LogP contribution in [0.5, 0.6) is 5.75 Å². The van der Waals surface area contributed by atoms with E-state index in [2.05, 4.69) is 5.10 Å². The third-order valence-electron chi connectivity index (χ3n) is 4.62. The molecule has 0 aliphatic heterocycles. The van der Waals surface area contributed by atoms with Crippen molar-refractivity contribution in [3.63, 3.8) is 0 Å². The van der Waals surface area contributed by atoms with Gasteiger partial charge in [0.25, 0.3) is 5.56 Å². The summed E-state index contributed by atoms with van der Waals surface area (Å²) >= 11 is 0. The highest BCUT2D eigenvalue weighted by atomic mass is 19.1. The van der Waals surface area contributed by atoms with Gasteiger partial charge in [0.15, 0.2) is 5.78 Å². The fraction of sp³-hybridized carbons (Fsp3) is 0.227. The predicted molar refractivity (Wildman–Crippen MR) is 105 cm³/mol. The lowest BCUT2D eigenvalue weighted by Crippen LogP contribution is -2.31. The van der Waals surface area contributed by atoms with Gasteiger partial charge in [0.05, 0.1) is 12.8 Å². The van der Waals surface area contributed by atoms with Gasteiger partial charge in [-0.2, -0.15) is 5.10 Å². The van der Waals surface area contributed by atoms with Crippen molar-refractivity contribution < 1.29 is 18.3 Å². The molecule has 0 amide bonds. The first kappa shape index (κ1) is 20.4. The van der Waals surface area contributed by atoms with E-state index in [0.29, 0.717) is 17.0 Å². The minimum atomic E-state index is -0.904. The molecule has 1 atom stereocenters. The number of ketones is 1. The van der Waals surface area contributed by atoms with Gasteiger partial charge in [0, 0.05) is 24.1 Å². The van der Waals surface area contributed by atoms with Crippen LogP contribution in [0.1, 0.15) is 24.1 Å². The molecule has 1 unspecified atom stereocenters. The number of hydrogen-bond donors (Lipinski definition) is 0. The smallest absolute Gasteiger partial charge is 0.267 e. The molecule has 0 radical (unpaired) electrons. The van der Waals surface area contributed by atoms with Crippen molar-refractivity contribution in [1.29, 1.82) is 0 Å². The Kier molecular flexibility index (Phi) is 5.87. The number of rotatable bonds is 6. The van der Waals surface area contributed by atoms with Gasteiger partial charge in [-0.25, -0.2) is 13.5 Å². The molecule has 0 saturated carbocycles. The number of aryl methyl sites for hydroxylation is 1. The predicted octanol–water partition coefficient (Wildman–Crippen LogP) is 3.88. The van der Waals surface area contributed by atoms with Crippen LogP contribution < -0.4 is 10.3 Å². The first-order valence-corrected chi connectivity index (χ1v) is 9.01. The monoisotopic (exact) mass is 398 g/mol. The Hall–Kier alpha value is -3.35. The molecule has 0 aliphatic carbocycles. The van der Waals surface area contributed by atoms with E-state index in [1.807, 2.05) is 6.07 Å². The van der Waals surface area contributed by atoms with Crippen molar-refractivity contribution in [2.45, 2.75) is 26.3 Å². The van der Waals surface area contributed by atoms with Crippen LogP contribution in [0.2, 0.25) is 0 Å². The topological polar surface area (TPSA) is 61.2 Å². The molecule has 3 aromatic rings. The molecular formula is C22H20F2N2O3. The maximum absolute atomic E-state index is 13.4. The van der Waals surface area contributed by atoms with E-state index in [4.69, 9.17) is 4.74 Å². The molecule has 7 heteroatoms. The average molecular weight is 398 g/mol. The second-order valence-electron chi connectivity index (χ2n) is 6.79. The minimum Gasteiger partial charge on any atom is -0.497 e. The number of hydrogen-bond acceptors (Lipinski definition) is 4. The van der Waals surface area contributed by atoms with E-state index < -0.39 is 23.2 Å². The van der Waals surface area contributed by atoms with Crippen LogP contribution in [0.3, 0.4) is 0 Å². The number of carbonyl (C=O) groups is 1. The van der Waals surface area contributed by atoms with Crippen molar-refractivity contribution in [3.05, 3.63) is 81.6 Å². The van der Waals surface area contributed by atoms with Gasteiger partial charge in [-0.3, -0.25) is 9.59 Å². The van der Waals surface area contributed by atoms with Crippen LogP contribution >= 0.6 is 0 Å². The normalized spacial score (nSPS) is 11.9. The van der Waals surface area contributed by atoms with E-state index in [-0.39, 0.29) is 17.8 Å². The molecule has 3 rings (SSSR count). The standard InChI is InChI=1S/C22H20F2N2O3/c1-13-7-21(28)26(25-22(13)16-5-4-6-19(11-16)29-3)14(2)20(27)10-15-8-17(23)12-18(24)9-15/h4-9,11-12,14H,10H2,1-3H3. The second kappa shape index (κ2) is 8.34. The van der Waals surface area contributed by atoms with Crippen molar-refractivity contribution in [3.8, 4) is 17.0 Å². The summed E-state index contributed by atoms with van der Waals surface area (Å²) in [5, 5.41) is 4.39. The largest absolute Gasteiger partial charge is 0.497 e. The first-order chi connectivity index (χ1) is 13.8. The summed E-state index contributed by atoms with van der Waals surface area (Å²) in [4.78, 5) is 25.1. The van der Waals surface area contributed by atoms with Gasteiger partial charge in [0.2, 0.25) is 0 Å². The molecule has 2 aromatic carbocycles. The molecule has 29 heavy (non-hydrogen) atoms. The lowest BCUT2D eigenvalue weighted by molar-refractivity contribution is -0.121. The van der Waals surface area contributed by atoms with Crippen LogP contribution in [0.15, 0.2) is 53.3 Å². The maximum Gasteiger partial charge on any atom is 0.267 e. The van der Waals surface area contributed by atoms with Gasteiger partial charge in [-0.1, -0.05) is 12.1 Å². The second-order valence-corrected chi connectivity index (χ2v) is 6.79. The molecule has 0 spiro atoms. The summed E-state index contributed by atoms with van der Waals surface area (Å²) in [5.74, 6) is -1.26. The first-order valence-electron chi connectivity index (χ1n) is 9.01. The zero-order chi connectivity index (χ0) is 21.1. The van der Waals surface area contributed by atoms with Crippen LogP contribution in [-0.2, 0) is 11.2 Å². The zero-order valence-corrected chi connectivity index (χ0v) is 16.3.